The van der Waals surface area contributed by atoms with E-state index in [1.54, 1.807) is 0 Å². The number of amides is 1. The summed E-state index contributed by atoms with van der Waals surface area (Å²) < 4.78 is 65.8. The van der Waals surface area contributed by atoms with Gasteiger partial charge in [0.15, 0.2) is 0 Å². The Bertz CT molecular complexity index is 911. The number of carbonyl (C=O) groups excluding carboxylic acids is 1. The smallest absolute Gasteiger partial charge is 0.416 e. The summed E-state index contributed by atoms with van der Waals surface area (Å²) in [7, 11) is -3.09. The van der Waals surface area contributed by atoms with E-state index in [1.807, 2.05) is 0 Å². The second kappa shape index (κ2) is 8.43. The number of benzene rings is 2. The van der Waals surface area contributed by atoms with Crippen LogP contribution in [-0.4, -0.2) is 32.9 Å². The topological polar surface area (TPSA) is 72.5 Å². The van der Waals surface area contributed by atoms with Crippen LogP contribution in [0.4, 0.5) is 13.2 Å². The van der Waals surface area contributed by atoms with Gasteiger partial charge in [0, 0.05) is 18.4 Å². The highest BCUT2D eigenvalue weighted by Gasteiger charge is 2.30. The molecular formula is C18H18F3NO4S. The maximum Gasteiger partial charge on any atom is 0.416 e. The molecule has 0 fully saturated rings. The Kier molecular flexibility index (Phi) is 6.48. The Balaban J connectivity index is 2.02. The first kappa shape index (κ1) is 20.8. The summed E-state index contributed by atoms with van der Waals surface area (Å²) in [5.74, 6) is -0.266. The van der Waals surface area contributed by atoms with Crippen LogP contribution in [0.3, 0.4) is 0 Å². The molecule has 0 heterocycles. The summed E-state index contributed by atoms with van der Waals surface area (Å²) in [6.07, 6.45) is -3.08. The van der Waals surface area contributed by atoms with Crippen LogP contribution in [-0.2, 0) is 16.0 Å². The van der Waals surface area contributed by atoms with Crippen molar-refractivity contribution < 1.29 is 31.1 Å². The van der Waals surface area contributed by atoms with E-state index in [4.69, 9.17) is 4.74 Å². The van der Waals surface area contributed by atoms with Gasteiger partial charge in [0.1, 0.15) is 21.3 Å². The van der Waals surface area contributed by atoms with Crippen LogP contribution in [0.5, 0.6) is 11.5 Å². The van der Waals surface area contributed by atoms with Gasteiger partial charge in [0.25, 0.3) is 5.91 Å². The maximum atomic E-state index is 12.8. The van der Waals surface area contributed by atoms with E-state index >= 15 is 0 Å². The lowest BCUT2D eigenvalue weighted by atomic mass is 10.2. The van der Waals surface area contributed by atoms with Crippen molar-refractivity contribution in [2.45, 2.75) is 12.6 Å². The van der Waals surface area contributed by atoms with E-state index in [9.17, 15) is 26.4 Å². The van der Waals surface area contributed by atoms with Crippen LogP contribution in [0.15, 0.2) is 48.5 Å². The minimum absolute atomic E-state index is 0.00413. The Morgan fingerprint density at radius 2 is 1.70 bits per heavy atom. The minimum Gasteiger partial charge on any atom is -0.457 e. The number of hydrogen-bond acceptors (Lipinski definition) is 4. The third kappa shape index (κ3) is 6.93. The molecule has 0 aliphatic carbocycles. The molecule has 0 aliphatic heterocycles. The first-order valence-electron chi connectivity index (χ1n) is 7.96. The third-order valence-electron chi connectivity index (χ3n) is 3.47. The van der Waals surface area contributed by atoms with Crippen molar-refractivity contribution >= 4 is 15.7 Å². The van der Waals surface area contributed by atoms with Gasteiger partial charge in [-0.2, -0.15) is 13.2 Å². The number of halogens is 3. The van der Waals surface area contributed by atoms with Crippen molar-refractivity contribution in [2.75, 3.05) is 18.6 Å². The largest absolute Gasteiger partial charge is 0.457 e. The fraction of sp³-hybridized carbons (Fsp3) is 0.278. The van der Waals surface area contributed by atoms with E-state index in [0.717, 1.165) is 18.4 Å². The number of sulfone groups is 1. The fourth-order valence-electron chi connectivity index (χ4n) is 2.21. The predicted octanol–water partition coefficient (Wildman–Crippen LogP) is 3.66. The second-order valence-corrected chi connectivity index (χ2v) is 8.15. The lowest BCUT2D eigenvalue weighted by Gasteiger charge is -2.11. The van der Waals surface area contributed by atoms with Crippen molar-refractivity contribution in [1.82, 2.24) is 5.32 Å². The lowest BCUT2D eigenvalue weighted by molar-refractivity contribution is -0.137. The van der Waals surface area contributed by atoms with E-state index < -0.39 is 27.5 Å². The number of ether oxygens (including phenoxy) is 1. The average Bonchev–Trinajstić information content (AvgIpc) is 2.57. The Labute approximate surface area is 155 Å². The van der Waals surface area contributed by atoms with Gasteiger partial charge >= 0.3 is 6.18 Å². The molecule has 0 aliphatic rings. The number of rotatable bonds is 7. The maximum absolute atomic E-state index is 12.8. The highest BCUT2D eigenvalue weighted by Crippen LogP contribution is 2.32. The van der Waals surface area contributed by atoms with E-state index in [-0.39, 0.29) is 35.8 Å². The molecule has 1 N–H and O–H groups in total. The molecule has 2 rings (SSSR count). The number of carbonyl (C=O) groups is 1. The van der Waals surface area contributed by atoms with Gasteiger partial charge in [-0.3, -0.25) is 4.79 Å². The van der Waals surface area contributed by atoms with Gasteiger partial charge in [0.05, 0.1) is 11.3 Å². The zero-order valence-electron chi connectivity index (χ0n) is 14.4. The molecule has 146 valence electrons. The summed E-state index contributed by atoms with van der Waals surface area (Å²) in [6.45, 7) is 0.185. The molecule has 0 spiro atoms. The highest BCUT2D eigenvalue weighted by atomic mass is 32.2. The second-order valence-electron chi connectivity index (χ2n) is 5.89. The number of nitrogens with one attached hydrogen (secondary N) is 1. The molecule has 27 heavy (non-hydrogen) atoms. The van der Waals surface area contributed by atoms with Crippen LogP contribution >= 0.6 is 0 Å². The van der Waals surface area contributed by atoms with Crippen molar-refractivity contribution in [1.29, 1.82) is 0 Å². The molecule has 5 nitrogen and oxygen atoms in total. The van der Waals surface area contributed by atoms with Crippen molar-refractivity contribution in [2.24, 2.45) is 0 Å². The number of alkyl halides is 3. The SMILES string of the molecule is CS(=O)(=O)CCCNC(=O)c1cccc(Oc2cccc(C(F)(F)F)c2)c1. The molecule has 2 aromatic carbocycles. The van der Waals surface area contributed by atoms with Crippen LogP contribution in [0.25, 0.3) is 0 Å². The minimum atomic E-state index is -4.48. The van der Waals surface area contributed by atoms with Gasteiger partial charge in [-0.1, -0.05) is 12.1 Å². The van der Waals surface area contributed by atoms with Crippen molar-refractivity contribution in [3.63, 3.8) is 0 Å². The first-order valence-corrected chi connectivity index (χ1v) is 10.0. The Morgan fingerprint density at radius 1 is 1.07 bits per heavy atom. The Hall–Kier alpha value is -2.55. The molecule has 0 aromatic heterocycles. The monoisotopic (exact) mass is 401 g/mol. The molecule has 0 radical (unpaired) electrons. The standard InChI is InChI=1S/C18H18F3NO4S/c1-27(24,25)10-4-9-22-17(23)13-5-2-7-15(11-13)26-16-8-3-6-14(12-16)18(19,20)21/h2-3,5-8,11-12H,4,9-10H2,1H3,(H,22,23). The quantitative estimate of drug-likeness (QED) is 0.719. The zero-order valence-corrected chi connectivity index (χ0v) is 15.2. The van der Waals surface area contributed by atoms with Crippen molar-refractivity contribution in [3.05, 3.63) is 59.7 Å². The summed E-state index contributed by atoms with van der Waals surface area (Å²) in [4.78, 5) is 12.1. The molecule has 0 atom stereocenters. The van der Waals surface area contributed by atoms with Crippen molar-refractivity contribution in [3.8, 4) is 11.5 Å². The molecule has 0 saturated carbocycles. The number of hydrogen-bond donors (Lipinski definition) is 1. The van der Waals surface area contributed by atoms with Crippen LogP contribution in [0.1, 0.15) is 22.3 Å². The predicted molar refractivity (Wildman–Crippen MR) is 94.6 cm³/mol. The highest BCUT2D eigenvalue weighted by molar-refractivity contribution is 7.90. The molecule has 0 unspecified atom stereocenters. The Morgan fingerprint density at radius 3 is 2.33 bits per heavy atom. The average molecular weight is 401 g/mol. The molecule has 0 saturated heterocycles. The van der Waals surface area contributed by atoms with Gasteiger partial charge in [-0.25, -0.2) is 8.42 Å². The molecule has 2 aromatic rings. The van der Waals surface area contributed by atoms with E-state index in [1.165, 1.54) is 36.4 Å². The fourth-order valence-corrected chi connectivity index (χ4v) is 2.88. The van der Waals surface area contributed by atoms with Gasteiger partial charge in [-0.15, -0.1) is 0 Å². The van der Waals surface area contributed by atoms with Gasteiger partial charge < -0.3 is 10.1 Å². The van der Waals surface area contributed by atoms with Crippen LogP contribution < -0.4 is 10.1 Å². The molecule has 9 heteroatoms. The zero-order chi connectivity index (χ0) is 20.1. The first-order chi connectivity index (χ1) is 12.5. The summed E-state index contributed by atoms with van der Waals surface area (Å²) >= 11 is 0. The van der Waals surface area contributed by atoms with E-state index in [2.05, 4.69) is 5.32 Å². The van der Waals surface area contributed by atoms with E-state index in [0.29, 0.717) is 0 Å². The van der Waals surface area contributed by atoms with Gasteiger partial charge in [0.2, 0.25) is 0 Å². The summed E-state index contributed by atoms with van der Waals surface area (Å²) in [6, 6.07) is 10.4. The van der Waals surface area contributed by atoms with Crippen LogP contribution in [0.2, 0.25) is 0 Å². The molecular weight excluding hydrogens is 383 g/mol. The lowest BCUT2D eigenvalue weighted by Crippen LogP contribution is -2.25. The van der Waals surface area contributed by atoms with Gasteiger partial charge in [-0.05, 0) is 42.8 Å². The summed E-state index contributed by atoms with van der Waals surface area (Å²) in [5, 5.41) is 2.58. The van der Waals surface area contributed by atoms with Crippen LogP contribution in [0, 0.1) is 0 Å². The molecule has 1 amide bonds. The molecule has 0 bridgehead atoms. The normalized spacial score (nSPS) is 11.9. The summed E-state index contributed by atoms with van der Waals surface area (Å²) in [5.41, 5.74) is -0.585. The third-order valence-corrected chi connectivity index (χ3v) is 4.50.